The van der Waals surface area contributed by atoms with Crippen molar-refractivity contribution in [1.29, 1.82) is 0 Å². The lowest BCUT2D eigenvalue weighted by Gasteiger charge is -2.29. The van der Waals surface area contributed by atoms with E-state index in [1.807, 2.05) is 19.1 Å². The molecule has 1 saturated heterocycles. The maximum atomic E-state index is 13.2. The third-order valence-electron chi connectivity index (χ3n) is 5.50. The fourth-order valence-electron chi connectivity index (χ4n) is 3.71. The van der Waals surface area contributed by atoms with Crippen LogP contribution in [0.1, 0.15) is 62.0 Å². The zero-order valence-electron chi connectivity index (χ0n) is 18.4. The minimum Gasteiger partial charge on any atom is -0.465 e. The van der Waals surface area contributed by atoms with E-state index in [2.05, 4.69) is 38.0 Å². The van der Waals surface area contributed by atoms with Crippen molar-refractivity contribution < 1.29 is 17.9 Å². The van der Waals surface area contributed by atoms with Crippen molar-refractivity contribution in [2.75, 3.05) is 20.2 Å². The van der Waals surface area contributed by atoms with Crippen LogP contribution in [0.4, 0.5) is 0 Å². The second-order valence-electron chi connectivity index (χ2n) is 9.09. The maximum absolute atomic E-state index is 13.2. The molecule has 0 bridgehead atoms. The number of sulfonamides is 1. The number of carbonyl (C=O) groups excluding carboxylic acids is 1. The van der Waals surface area contributed by atoms with Gasteiger partial charge in [-0.3, -0.25) is 4.68 Å². The smallest absolute Gasteiger partial charge is 0.342 e. The summed E-state index contributed by atoms with van der Waals surface area (Å²) in [6, 6.07) is 8.13. The maximum Gasteiger partial charge on any atom is 0.342 e. The summed E-state index contributed by atoms with van der Waals surface area (Å²) in [7, 11) is -2.64. The van der Waals surface area contributed by atoms with Gasteiger partial charge in [-0.25, -0.2) is 13.2 Å². The minimum atomic E-state index is -3.88. The highest BCUT2D eigenvalue weighted by molar-refractivity contribution is 7.89. The Bertz CT molecular complexity index is 1000. The third-order valence-corrected chi connectivity index (χ3v) is 7.30. The van der Waals surface area contributed by atoms with Crippen LogP contribution in [0, 0.1) is 5.92 Å². The van der Waals surface area contributed by atoms with Crippen molar-refractivity contribution >= 4 is 16.0 Å². The summed E-state index contributed by atoms with van der Waals surface area (Å²) in [5, 5.41) is 4.08. The monoisotopic (exact) mass is 433 g/mol. The van der Waals surface area contributed by atoms with Gasteiger partial charge in [0, 0.05) is 19.3 Å². The summed E-state index contributed by atoms with van der Waals surface area (Å²) >= 11 is 0. The number of esters is 1. The second-order valence-corrected chi connectivity index (χ2v) is 10.9. The summed E-state index contributed by atoms with van der Waals surface area (Å²) in [6.45, 7) is 9.71. The van der Waals surface area contributed by atoms with Crippen LogP contribution in [-0.4, -0.2) is 48.7 Å². The molecule has 1 aliphatic rings. The Morgan fingerprint density at radius 3 is 2.47 bits per heavy atom. The first-order chi connectivity index (χ1) is 14.0. The number of rotatable bonds is 5. The number of benzene rings is 1. The van der Waals surface area contributed by atoms with Gasteiger partial charge >= 0.3 is 5.97 Å². The van der Waals surface area contributed by atoms with Crippen molar-refractivity contribution in [2.45, 2.75) is 57.5 Å². The van der Waals surface area contributed by atoms with Gasteiger partial charge in [-0.15, -0.1) is 0 Å². The highest BCUT2D eigenvalue weighted by Gasteiger charge is 2.35. The number of ether oxygens (including phenoxy) is 1. The van der Waals surface area contributed by atoms with E-state index in [1.165, 1.54) is 27.9 Å². The van der Waals surface area contributed by atoms with Gasteiger partial charge in [-0.2, -0.15) is 9.40 Å². The zero-order valence-corrected chi connectivity index (χ0v) is 19.2. The molecule has 1 aromatic carbocycles. The number of hydrogen-bond acceptors (Lipinski definition) is 5. The molecule has 0 saturated carbocycles. The largest absolute Gasteiger partial charge is 0.465 e. The van der Waals surface area contributed by atoms with Gasteiger partial charge in [0.2, 0.25) is 5.03 Å². The normalized spacial score (nSPS) is 18.4. The van der Waals surface area contributed by atoms with Crippen molar-refractivity contribution in [3.05, 3.63) is 47.2 Å². The van der Waals surface area contributed by atoms with E-state index in [4.69, 9.17) is 4.74 Å². The molecule has 1 unspecified atom stereocenters. The first kappa shape index (κ1) is 22.5. The van der Waals surface area contributed by atoms with Crippen LogP contribution in [0.15, 0.2) is 35.5 Å². The number of methoxy groups -OCH3 is 1. The Morgan fingerprint density at radius 1 is 1.23 bits per heavy atom. The van der Waals surface area contributed by atoms with Gasteiger partial charge in [-0.05, 0) is 35.3 Å². The van der Waals surface area contributed by atoms with Gasteiger partial charge in [0.05, 0.1) is 13.7 Å². The Kier molecular flexibility index (Phi) is 6.38. The molecule has 1 aliphatic heterocycles. The number of piperidine rings is 1. The van der Waals surface area contributed by atoms with E-state index >= 15 is 0 Å². The molecule has 1 atom stereocenters. The molecular weight excluding hydrogens is 402 g/mol. The molecule has 0 radical (unpaired) electrons. The fraction of sp³-hybridized carbons (Fsp3) is 0.545. The molecule has 7 nitrogen and oxygen atoms in total. The number of aromatic nitrogens is 2. The minimum absolute atomic E-state index is 0.0259. The SMILES string of the molecule is COC(=O)c1cn(Cc2ccc(C(C)(C)C)cc2)nc1S(=O)(=O)N1CCCC(C)C1. The molecule has 8 heteroatoms. The van der Waals surface area contributed by atoms with E-state index in [0.717, 1.165) is 18.4 Å². The summed E-state index contributed by atoms with van der Waals surface area (Å²) in [4.78, 5) is 12.3. The van der Waals surface area contributed by atoms with Crippen LogP contribution in [0.25, 0.3) is 0 Å². The number of nitrogens with zero attached hydrogens (tertiary/aromatic N) is 3. The summed E-state index contributed by atoms with van der Waals surface area (Å²) in [6.07, 6.45) is 3.26. The Hall–Kier alpha value is -2.19. The molecule has 30 heavy (non-hydrogen) atoms. The summed E-state index contributed by atoms with van der Waals surface area (Å²) in [5.41, 5.74) is 2.21. The van der Waals surface area contributed by atoms with Crippen LogP contribution in [0.3, 0.4) is 0 Å². The Labute approximate surface area is 179 Å². The first-order valence-electron chi connectivity index (χ1n) is 10.3. The van der Waals surface area contributed by atoms with E-state index < -0.39 is 16.0 Å². The molecule has 2 aromatic rings. The number of carbonyl (C=O) groups is 1. The quantitative estimate of drug-likeness (QED) is 0.675. The fourth-order valence-corrected chi connectivity index (χ4v) is 5.40. The predicted molar refractivity (Wildman–Crippen MR) is 115 cm³/mol. The van der Waals surface area contributed by atoms with E-state index in [-0.39, 0.29) is 21.9 Å². The van der Waals surface area contributed by atoms with E-state index in [9.17, 15) is 13.2 Å². The molecule has 0 aliphatic carbocycles. The van der Waals surface area contributed by atoms with Gasteiger partial charge < -0.3 is 4.74 Å². The highest BCUT2D eigenvalue weighted by atomic mass is 32.2. The molecular formula is C22H31N3O4S. The molecule has 0 spiro atoms. The molecule has 3 rings (SSSR count). The standard InChI is InChI=1S/C22H31N3O4S/c1-16-7-6-12-25(13-16)30(27,28)20-19(21(26)29-5)15-24(23-20)14-17-8-10-18(11-9-17)22(2,3)4/h8-11,15-16H,6-7,12-14H2,1-5H3. The van der Waals surface area contributed by atoms with E-state index in [1.54, 1.807) is 0 Å². The van der Waals surface area contributed by atoms with Crippen LogP contribution < -0.4 is 0 Å². The molecule has 2 heterocycles. The first-order valence-corrected chi connectivity index (χ1v) is 11.7. The average molecular weight is 434 g/mol. The lowest BCUT2D eigenvalue weighted by molar-refractivity contribution is 0.0596. The second kappa shape index (κ2) is 8.51. The van der Waals surface area contributed by atoms with Crippen molar-refractivity contribution in [1.82, 2.24) is 14.1 Å². The molecule has 0 amide bonds. The van der Waals surface area contributed by atoms with E-state index in [0.29, 0.717) is 19.6 Å². The number of hydrogen-bond donors (Lipinski definition) is 0. The van der Waals surface area contributed by atoms with Crippen molar-refractivity contribution in [2.24, 2.45) is 5.92 Å². The molecule has 1 fully saturated rings. The third kappa shape index (κ3) is 4.75. The molecule has 1 aromatic heterocycles. The average Bonchev–Trinajstić information content (AvgIpc) is 3.12. The zero-order chi connectivity index (χ0) is 22.1. The van der Waals surface area contributed by atoms with Crippen LogP contribution in [-0.2, 0) is 26.7 Å². The lowest BCUT2D eigenvalue weighted by atomic mass is 9.87. The van der Waals surface area contributed by atoms with Gasteiger partial charge in [0.15, 0.2) is 0 Å². The summed E-state index contributed by atoms with van der Waals surface area (Å²) < 4.78 is 34.2. The van der Waals surface area contributed by atoms with Gasteiger partial charge in [0.1, 0.15) is 5.56 Å². The van der Waals surface area contributed by atoms with Crippen LogP contribution >= 0.6 is 0 Å². The van der Waals surface area contributed by atoms with Crippen LogP contribution in [0.5, 0.6) is 0 Å². The Balaban J connectivity index is 1.92. The predicted octanol–water partition coefficient (Wildman–Crippen LogP) is 3.44. The summed E-state index contributed by atoms with van der Waals surface area (Å²) in [5.74, 6) is -0.425. The van der Waals surface area contributed by atoms with Crippen molar-refractivity contribution in [3.63, 3.8) is 0 Å². The van der Waals surface area contributed by atoms with Crippen molar-refractivity contribution in [3.8, 4) is 0 Å². The molecule has 164 valence electrons. The topological polar surface area (TPSA) is 81.5 Å². The van der Waals surface area contributed by atoms with Gasteiger partial charge in [-0.1, -0.05) is 52.0 Å². The van der Waals surface area contributed by atoms with Gasteiger partial charge in [0.25, 0.3) is 10.0 Å². The molecule has 0 N–H and O–H groups in total. The highest BCUT2D eigenvalue weighted by Crippen LogP contribution is 2.26. The lowest BCUT2D eigenvalue weighted by Crippen LogP contribution is -2.39. The Morgan fingerprint density at radius 2 is 1.90 bits per heavy atom. The van der Waals surface area contributed by atoms with Crippen LogP contribution in [0.2, 0.25) is 0 Å².